The molecule has 3 heteroatoms. The van der Waals surface area contributed by atoms with Crippen molar-refractivity contribution in [1.29, 1.82) is 0 Å². The minimum atomic E-state index is -0.231. The fraction of sp³-hybridized carbons (Fsp3) is 0.316. The highest BCUT2D eigenvalue weighted by atomic mass is 32.2. The molecule has 0 spiro atoms. The Morgan fingerprint density at radius 2 is 1.55 bits per heavy atom. The van der Waals surface area contributed by atoms with Crippen LogP contribution in [0.3, 0.4) is 0 Å². The van der Waals surface area contributed by atoms with Gasteiger partial charge in [0.05, 0.1) is 0 Å². The van der Waals surface area contributed by atoms with Gasteiger partial charge < -0.3 is 5.32 Å². The van der Waals surface area contributed by atoms with Gasteiger partial charge in [-0.1, -0.05) is 69.3 Å². The zero-order valence-electron chi connectivity index (χ0n) is 13.4. The first-order valence-corrected chi connectivity index (χ1v) is 8.38. The molecule has 2 rings (SSSR count). The summed E-state index contributed by atoms with van der Waals surface area (Å²) in [5.41, 5.74) is 1.11. The first kappa shape index (κ1) is 16.6. The van der Waals surface area contributed by atoms with Gasteiger partial charge in [-0.05, 0) is 23.1 Å². The van der Waals surface area contributed by atoms with Crippen molar-refractivity contribution in [3.05, 3.63) is 66.2 Å². The summed E-state index contributed by atoms with van der Waals surface area (Å²) in [6.45, 7) is 7.03. The van der Waals surface area contributed by atoms with Gasteiger partial charge in [-0.25, -0.2) is 0 Å². The molecule has 0 aliphatic heterocycles. The van der Waals surface area contributed by atoms with Crippen LogP contribution in [0.15, 0.2) is 65.6 Å². The Bertz CT molecular complexity index is 590. The van der Waals surface area contributed by atoms with E-state index < -0.39 is 0 Å². The van der Waals surface area contributed by atoms with Crippen molar-refractivity contribution in [1.82, 2.24) is 5.32 Å². The van der Waals surface area contributed by atoms with E-state index in [0.717, 1.165) is 10.5 Å². The van der Waals surface area contributed by atoms with E-state index in [1.807, 2.05) is 60.7 Å². The highest BCUT2D eigenvalue weighted by molar-refractivity contribution is 8.00. The summed E-state index contributed by atoms with van der Waals surface area (Å²) in [6.07, 6.45) is 0. The van der Waals surface area contributed by atoms with Crippen molar-refractivity contribution >= 4 is 17.7 Å². The molecule has 1 N–H and O–H groups in total. The number of carbonyl (C=O) groups is 1. The SMILES string of the molecule is CC(C)(C)CNC(=O)C(Sc1ccccc1)c1ccccc1. The molecule has 0 saturated heterocycles. The first-order valence-electron chi connectivity index (χ1n) is 7.50. The van der Waals surface area contributed by atoms with Crippen molar-refractivity contribution < 1.29 is 4.79 Å². The quantitative estimate of drug-likeness (QED) is 0.812. The average Bonchev–Trinajstić information content (AvgIpc) is 2.51. The van der Waals surface area contributed by atoms with Crippen LogP contribution in [-0.2, 0) is 4.79 Å². The maximum Gasteiger partial charge on any atom is 0.238 e. The second kappa shape index (κ2) is 7.50. The van der Waals surface area contributed by atoms with Crippen LogP contribution in [-0.4, -0.2) is 12.5 Å². The fourth-order valence-electron chi connectivity index (χ4n) is 1.98. The van der Waals surface area contributed by atoms with Gasteiger partial charge in [0.2, 0.25) is 5.91 Å². The summed E-state index contributed by atoms with van der Waals surface area (Å²) in [7, 11) is 0. The molecular formula is C19H23NOS. The van der Waals surface area contributed by atoms with Crippen LogP contribution in [0.4, 0.5) is 0 Å². The monoisotopic (exact) mass is 313 g/mol. The molecule has 1 unspecified atom stereocenters. The van der Waals surface area contributed by atoms with Gasteiger partial charge in [-0.3, -0.25) is 4.79 Å². The van der Waals surface area contributed by atoms with E-state index in [9.17, 15) is 4.79 Å². The molecule has 0 radical (unpaired) electrons. The largest absolute Gasteiger partial charge is 0.354 e. The summed E-state index contributed by atoms with van der Waals surface area (Å²) in [6, 6.07) is 20.0. The molecule has 0 heterocycles. The van der Waals surface area contributed by atoms with Gasteiger partial charge in [-0.2, -0.15) is 0 Å². The number of nitrogens with one attached hydrogen (secondary N) is 1. The molecule has 2 nitrogen and oxygen atoms in total. The van der Waals surface area contributed by atoms with E-state index in [0.29, 0.717) is 6.54 Å². The fourth-order valence-corrected chi connectivity index (χ4v) is 3.05. The van der Waals surface area contributed by atoms with Gasteiger partial charge in [0.25, 0.3) is 0 Å². The van der Waals surface area contributed by atoms with Crippen LogP contribution in [0.25, 0.3) is 0 Å². The van der Waals surface area contributed by atoms with Gasteiger partial charge in [0.1, 0.15) is 5.25 Å². The summed E-state index contributed by atoms with van der Waals surface area (Å²) in [5.74, 6) is 0.0648. The van der Waals surface area contributed by atoms with Crippen LogP contribution < -0.4 is 5.32 Å². The van der Waals surface area contributed by atoms with Crippen LogP contribution in [0.2, 0.25) is 0 Å². The van der Waals surface area contributed by atoms with Crippen LogP contribution in [0.1, 0.15) is 31.6 Å². The number of hydrogen-bond acceptors (Lipinski definition) is 2. The van der Waals surface area contributed by atoms with Gasteiger partial charge in [0, 0.05) is 11.4 Å². The molecule has 0 aliphatic carbocycles. The number of amides is 1. The lowest BCUT2D eigenvalue weighted by atomic mass is 9.97. The van der Waals surface area contributed by atoms with E-state index in [-0.39, 0.29) is 16.6 Å². The number of rotatable bonds is 5. The molecule has 22 heavy (non-hydrogen) atoms. The Hall–Kier alpha value is -1.74. The Kier molecular flexibility index (Phi) is 5.67. The predicted octanol–water partition coefficient (Wildman–Crippen LogP) is 4.68. The third-order valence-electron chi connectivity index (χ3n) is 3.13. The molecular weight excluding hydrogens is 290 g/mol. The summed E-state index contributed by atoms with van der Waals surface area (Å²) in [4.78, 5) is 13.8. The van der Waals surface area contributed by atoms with Crippen LogP contribution in [0, 0.1) is 5.41 Å². The topological polar surface area (TPSA) is 29.1 Å². The summed E-state index contributed by atoms with van der Waals surface area (Å²) < 4.78 is 0. The molecule has 1 atom stereocenters. The molecule has 2 aromatic rings. The van der Waals surface area contributed by atoms with Crippen molar-refractivity contribution in [2.75, 3.05) is 6.54 Å². The lowest BCUT2D eigenvalue weighted by Crippen LogP contribution is -2.34. The molecule has 0 aliphatic rings. The third kappa shape index (κ3) is 5.23. The minimum Gasteiger partial charge on any atom is -0.354 e. The van der Waals surface area contributed by atoms with E-state index in [2.05, 4.69) is 26.1 Å². The van der Waals surface area contributed by atoms with E-state index in [4.69, 9.17) is 0 Å². The Morgan fingerprint density at radius 3 is 2.09 bits per heavy atom. The zero-order valence-corrected chi connectivity index (χ0v) is 14.2. The van der Waals surface area contributed by atoms with Gasteiger partial charge >= 0.3 is 0 Å². The third-order valence-corrected chi connectivity index (χ3v) is 4.40. The molecule has 2 aromatic carbocycles. The molecule has 1 amide bonds. The second-order valence-corrected chi connectivity index (χ2v) is 7.68. The van der Waals surface area contributed by atoms with Gasteiger partial charge in [-0.15, -0.1) is 11.8 Å². The summed E-state index contributed by atoms with van der Waals surface area (Å²) >= 11 is 1.59. The van der Waals surface area contributed by atoms with E-state index >= 15 is 0 Å². The lowest BCUT2D eigenvalue weighted by molar-refractivity contribution is -0.121. The highest BCUT2D eigenvalue weighted by Crippen LogP contribution is 2.35. The number of thioether (sulfide) groups is 1. The molecule has 0 bridgehead atoms. The normalized spacial score (nSPS) is 12.7. The van der Waals surface area contributed by atoms with Gasteiger partial charge in [0.15, 0.2) is 0 Å². The molecule has 0 aromatic heterocycles. The number of hydrogen-bond donors (Lipinski definition) is 1. The molecule has 0 saturated carbocycles. The van der Waals surface area contributed by atoms with E-state index in [1.165, 1.54) is 0 Å². The highest BCUT2D eigenvalue weighted by Gasteiger charge is 2.23. The first-order chi connectivity index (χ1) is 10.5. The van der Waals surface area contributed by atoms with Crippen molar-refractivity contribution in [3.63, 3.8) is 0 Å². The molecule has 116 valence electrons. The maximum atomic E-state index is 12.7. The smallest absolute Gasteiger partial charge is 0.238 e. The van der Waals surface area contributed by atoms with Crippen molar-refractivity contribution in [3.8, 4) is 0 Å². The van der Waals surface area contributed by atoms with Crippen LogP contribution >= 0.6 is 11.8 Å². The average molecular weight is 313 g/mol. The Balaban J connectivity index is 2.17. The van der Waals surface area contributed by atoms with Crippen LogP contribution in [0.5, 0.6) is 0 Å². The Labute approximate surface area is 137 Å². The Morgan fingerprint density at radius 1 is 1.00 bits per heavy atom. The predicted molar refractivity (Wildman–Crippen MR) is 93.9 cm³/mol. The number of benzene rings is 2. The standard InChI is InChI=1S/C19H23NOS/c1-19(2,3)14-20-18(21)17(15-10-6-4-7-11-15)22-16-12-8-5-9-13-16/h4-13,17H,14H2,1-3H3,(H,20,21). The second-order valence-electron chi connectivity index (χ2n) is 6.50. The number of carbonyl (C=O) groups excluding carboxylic acids is 1. The van der Waals surface area contributed by atoms with E-state index in [1.54, 1.807) is 11.8 Å². The maximum absolute atomic E-state index is 12.7. The van der Waals surface area contributed by atoms with Crippen molar-refractivity contribution in [2.24, 2.45) is 5.41 Å². The summed E-state index contributed by atoms with van der Waals surface area (Å²) in [5, 5.41) is 2.85. The lowest BCUT2D eigenvalue weighted by Gasteiger charge is -2.22. The van der Waals surface area contributed by atoms with Crippen molar-refractivity contribution in [2.45, 2.75) is 30.9 Å². The minimum absolute atomic E-state index is 0.0648. The zero-order chi connectivity index (χ0) is 16.0. The molecule has 0 fully saturated rings.